The average Bonchev–Trinajstić information content (AvgIpc) is 3.36. The Labute approximate surface area is 195 Å². The van der Waals surface area contributed by atoms with E-state index in [2.05, 4.69) is 5.32 Å². The fraction of sp³-hybridized carbons (Fsp3) is 0.435. The molecule has 2 fully saturated rings. The normalized spacial score (nSPS) is 20.6. The van der Waals surface area contributed by atoms with Crippen molar-refractivity contribution in [2.45, 2.75) is 42.4 Å². The van der Waals surface area contributed by atoms with Crippen LogP contribution >= 0.6 is 0 Å². The molecule has 0 bridgehead atoms. The number of nitrogens with one attached hydrogen (secondary N) is 1. The molecular formula is C23H29N3O5S2. The molecule has 4 rings (SSSR count). The van der Waals surface area contributed by atoms with E-state index in [0.29, 0.717) is 38.2 Å². The zero-order valence-electron chi connectivity index (χ0n) is 18.6. The molecule has 2 aromatic rings. The number of benzene rings is 2. The molecule has 1 N–H and O–H groups in total. The summed E-state index contributed by atoms with van der Waals surface area (Å²) in [4.78, 5) is 13.3. The first-order chi connectivity index (χ1) is 15.7. The number of sulfonamides is 2. The molecule has 0 aromatic heterocycles. The summed E-state index contributed by atoms with van der Waals surface area (Å²) in [6, 6.07) is 12.8. The first-order valence-corrected chi connectivity index (χ1v) is 14.0. The molecule has 2 heterocycles. The van der Waals surface area contributed by atoms with Crippen LogP contribution in [-0.4, -0.2) is 57.5 Å². The van der Waals surface area contributed by atoms with Crippen molar-refractivity contribution < 1.29 is 21.6 Å². The summed E-state index contributed by atoms with van der Waals surface area (Å²) in [7, 11) is -7.18. The zero-order valence-corrected chi connectivity index (χ0v) is 20.2. The Morgan fingerprint density at radius 3 is 1.91 bits per heavy atom. The summed E-state index contributed by atoms with van der Waals surface area (Å²) >= 11 is 0. The molecule has 0 aliphatic carbocycles. The van der Waals surface area contributed by atoms with Gasteiger partial charge in [-0.05, 0) is 69.0 Å². The maximum absolute atomic E-state index is 13.0. The highest BCUT2D eigenvalue weighted by Gasteiger charge is 2.33. The predicted molar refractivity (Wildman–Crippen MR) is 126 cm³/mol. The van der Waals surface area contributed by atoms with Crippen LogP contribution in [0.25, 0.3) is 0 Å². The van der Waals surface area contributed by atoms with Crippen molar-refractivity contribution >= 4 is 31.6 Å². The molecule has 2 aliphatic heterocycles. The van der Waals surface area contributed by atoms with Gasteiger partial charge >= 0.3 is 0 Å². The van der Waals surface area contributed by atoms with Gasteiger partial charge in [0.05, 0.1) is 15.7 Å². The molecule has 0 spiro atoms. The maximum atomic E-state index is 13.0. The number of carbonyl (C=O) groups is 1. The summed E-state index contributed by atoms with van der Waals surface area (Å²) in [5.74, 6) is -0.749. The van der Waals surface area contributed by atoms with Crippen LogP contribution in [-0.2, 0) is 24.8 Å². The van der Waals surface area contributed by atoms with E-state index < -0.39 is 26.0 Å². The van der Waals surface area contributed by atoms with Crippen molar-refractivity contribution in [3.8, 4) is 0 Å². The predicted octanol–water partition coefficient (Wildman–Crippen LogP) is 2.82. The molecule has 1 amide bonds. The Kier molecular flexibility index (Phi) is 6.90. The van der Waals surface area contributed by atoms with Gasteiger partial charge in [0.1, 0.15) is 0 Å². The van der Waals surface area contributed by atoms with E-state index in [-0.39, 0.29) is 22.2 Å². The summed E-state index contributed by atoms with van der Waals surface area (Å²) in [5.41, 5.74) is 1.46. The lowest BCUT2D eigenvalue weighted by Crippen LogP contribution is -2.43. The van der Waals surface area contributed by atoms with Crippen LogP contribution in [0.5, 0.6) is 0 Å². The summed E-state index contributed by atoms with van der Waals surface area (Å²) in [6.07, 6.45) is 2.92. The van der Waals surface area contributed by atoms with Crippen LogP contribution in [0.4, 0.5) is 5.69 Å². The summed E-state index contributed by atoms with van der Waals surface area (Å²) in [5, 5.41) is 2.81. The van der Waals surface area contributed by atoms with E-state index in [1.807, 2.05) is 6.92 Å². The standard InChI is InChI=1S/C23H29N3O5S2/c1-18-6-10-21(11-7-18)33(30,31)26-16-4-5-19(17-26)23(27)24-20-8-12-22(13-9-20)32(28,29)25-14-2-3-15-25/h6-13,19H,2-5,14-17H2,1H3,(H,24,27)/t19-/m0/s1. The van der Waals surface area contributed by atoms with Gasteiger partial charge in [0.15, 0.2) is 0 Å². The number of amides is 1. The van der Waals surface area contributed by atoms with Crippen LogP contribution < -0.4 is 5.32 Å². The second kappa shape index (κ2) is 9.54. The van der Waals surface area contributed by atoms with Crippen molar-refractivity contribution in [3.05, 3.63) is 54.1 Å². The highest BCUT2D eigenvalue weighted by atomic mass is 32.2. The Morgan fingerprint density at radius 1 is 0.788 bits per heavy atom. The topological polar surface area (TPSA) is 104 Å². The maximum Gasteiger partial charge on any atom is 0.243 e. The first kappa shape index (κ1) is 23.9. The highest BCUT2D eigenvalue weighted by molar-refractivity contribution is 7.89. The van der Waals surface area contributed by atoms with Crippen molar-refractivity contribution in [2.75, 3.05) is 31.5 Å². The third-order valence-corrected chi connectivity index (χ3v) is 10.0. The van der Waals surface area contributed by atoms with E-state index in [4.69, 9.17) is 0 Å². The molecule has 0 saturated carbocycles. The molecule has 178 valence electrons. The number of carbonyl (C=O) groups excluding carboxylic acids is 1. The van der Waals surface area contributed by atoms with E-state index in [9.17, 15) is 21.6 Å². The Bertz CT molecular complexity index is 1200. The van der Waals surface area contributed by atoms with Gasteiger partial charge in [-0.2, -0.15) is 8.61 Å². The molecule has 2 aliphatic rings. The van der Waals surface area contributed by atoms with Crippen LogP contribution in [0, 0.1) is 12.8 Å². The average molecular weight is 492 g/mol. The van der Waals surface area contributed by atoms with E-state index in [1.54, 1.807) is 36.4 Å². The zero-order chi connectivity index (χ0) is 23.6. The third-order valence-electron chi connectivity index (χ3n) is 6.24. The fourth-order valence-corrected chi connectivity index (χ4v) is 7.31. The molecule has 0 unspecified atom stereocenters. The van der Waals surface area contributed by atoms with E-state index in [0.717, 1.165) is 18.4 Å². The van der Waals surface area contributed by atoms with Crippen molar-refractivity contribution in [1.29, 1.82) is 0 Å². The number of piperidine rings is 1. The van der Waals surface area contributed by atoms with Crippen molar-refractivity contribution in [2.24, 2.45) is 5.92 Å². The summed E-state index contributed by atoms with van der Waals surface area (Å²) < 4.78 is 54.2. The van der Waals surface area contributed by atoms with E-state index >= 15 is 0 Å². The van der Waals surface area contributed by atoms with Crippen LogP contribution in [0.15, 0.2) is 58.3 Å². The number of hydrogen-bond acceptors (Lipinski definition) is 5. The monoisotopic (exact) mass is 491 g/mol. The van der Waals surface area contributed by atoms with Crippen LogP contribution in [0.1, 0.15) is 31.2 Å². The number of aryl methyl sites for hydroxylation is 1. The fourth-order valence-electron chi connectivity index (χ4n) is 4.27. The van der Waals surface area contributed by atoms with Gasteiger partial charge < -0.3 is 5.32 Å². The van der Waals surface area contributed by atoms with Gasteiger partial charge in [0, 0.05) is 31.9 Å². The molecule has 8 nitrogen and oxygen atoms in total. The number of rotatable bonds is 6. The molecule has 10 heteroatoms. The molecule has 1 atom stereocenters. The Balaban J connectivity index is 1.41. The number of hydrogen-bond donors (Lipinski definition) is 1. The third kappa shape index (κ3) is 5.13. The van der Waals surface area contributed by atoms with Gasteiger partial charge in [-0.25, -0.2) is 16.8 Å². The molecule has 2 aromatic carbocycles. The number of nitrogens with zero attached hydrogens (tertiary/aromatic N) is 2. The summed E-state index contributed by atoms with van der Waals surface area (Å²) in [6.45, 7) is 3.45. The highest BCUT2D eigenvalue weighted by Crippen LogP contribution is 2.26. The van der Waals surface area contributed by atoms with Crippen LogP contribution in [0.2, 0.25) is 0 Å². The van der Waals surface area contributed by atoms with Crippen LogP contribution in [0.3, 0.4) is 0 Å². The lowest BCUT2D eigenvalue weighted by molar-refractivity contribution is -0.120. The van der Waals surface area contributed by atoms with E-state index in [1.165, 1.54) is 20.7 Å². The van der Waals surface area contributed by atoms with Crippen molar-refractivity contribution in [1.82, 2.24) is 8.61 Å². The van der Waals surface area contributed by atoms with Gasteiger partial charge in [-0.3, -0.25) is 4.79 Å². The van der Waals surface area contributed by atoms with Gasteiger partial charge in [0.25, 0.3) is 0 Å². The van der Waals surface area contributed by atoms with Gasteiger partial charge in [-0.1, -0.05) is 17.7 Å². The van der Waals surface area contributed by atoms with Crippen molar-refractivity contribution in [3.63, 3.8) is 0 Å². The Hall–Kier alpha value is -2.27. The SMILES string of the molecule is Cc1ccc(S(=O)(=O)N2CCC[C@H](C(=O)Nc3ccc(S(=O)(=O)N4CCCC4)cc3)C2)cc1. The minimum atomic E-state index is -3.67. The second-order valence-electron chi connectivity index (χ2n) is 8.64. The molecule has 0 radical (unpaired) electrons. The lowest BCUT2D eigenvalue weighted by Gasteiger charge is -2.31. The van der Waals surface area contributed by atoms with Gasteiger partial charge in [0.2, 0.25) is 26.0 Å². The number of anilines is 1. The molecule has 33 heavy (non-hydrogen) atoms. The smallest absolute Gasteiger partial charge is 0.243 e. The van der Waals surface area contributed by atoms with Gasteiger partial charge in [-0.15, -0.1) is 0 Å². The largest absolute Gasteiger partial charge is 0.326 e. The molecule has 2 saturated heterocycles. The quantitative estimate of drug-likeness (QED) is 0.669. The second-order valence-corrected chi connectivity index (χ2v) is 12.5. The minimum absolute atomic E-state index is 0.115. The minimum Gasteiger partial charge on any atom is -0.326 e. The Morgan fingerprint density at radius 2 is 1.30 bits per heavy atom. The molecular weight excluding hydrogens is 462 g/mol. The lowest BCUT2D eigenvalue weighted by atomic mass is 9.99. The first-order valence-electron chi connectivity index (χ1n) is 11.2.